The van der Waals surface area contributed by atoms with Gasteiger partial charge in [-0.1, -0.05) is 12.1 Å². The van der Waals surface area contributed by atoms with E-state index in [1.54, 1.807) is 36.4 Å². The zero-order valence-electron chi connectivity index (χ0n) is 9.90. The quantitative estimate of drug-likeness (QED) is 0.694. The van der Waals surface area contributed by atoms with Crippen LogP contribution in [-0.2, 0) is 11.3 Å². The van der Waals surface area contributed by atoms with Gasteiger partial charge in [-0.3, -0.25) is 0 Å². The van der Waals surface area contributed by atoms with Crippen LogP contribution in [-0.4, -0.2) is 5.97 Å². The lowest BCUT2D eigenvalue weighted by Gasteiger charge is -2.07. The zero-order valence-corrected chi connectivity index (χ0v) is 11.5. The second kappa shape index (κ2) is 5.84. The Morgan fingerprint density at radius 3 is 2.58 bits per heavy atom. The number of hydrogen-bond acceptors (Lipinski definition) is 3. The summed E-state index contributed by atoms with van der Waals surface area (Å²) in [4.78, 5) is 11.8. The van der Waals surface area contributed by atoms with E-state index < -0.39 is 5.97 Å². The number of anilines is 1. The fraction of sp³-hybridized carbons (Fsp3) is 0.0714. The van der Waals surface area contributed by atoms with E-state index in [9.17, 15) is 9.18 Å². The van der Waals surface area contributed by atoms with Crippen molar-refractivity contribution in [2.24, 2.45) is 0 Å². The van der Waals surface area contributed by atoms with Crippen molar-refractivity contribution in [2.45, 2.75) is 6.61 Å². The minimum absolute atomic E-state index is 0.00154. The summed E-state index contributed by atoms with van der Waals surface area (Å²) >= 11 is 3.11. The Kier molecular flexibility index (Phi) is 4.16. The van der Waals surface area contributed by atoms with Crippen LogP contribution in [0.5, 0.6) is 0 Å². The number of carbonyl (C=O) groups excluding carboxylic acids is 1. The summed E-state index contributed by atoms with van der Waals surface area (Å²) in [5.74, 6) is -0.864. The lowest BCUT2D eigenvalue weighted by Crippen LogP contribution is -2.06. The van der Waals surface area contributed by atoms with Crippen LogP contribution in [0, 0.1) is 5.82 Å². The number of ether oxygens (including phenoxy) is 1. The number of halogens is 2. The van der Waals surface area contributed by atoms with Gasteiger partial charge in [-0.15, -0.1) is 0 Å². The number of esters is 1. The van der Waals surface area contributed by atoms with Crippen molar-refractivity contribution in [2.75, 3.05) is 5.73 Å². The first-order valence-corrected chi connectivity index (χ1v) is 6.33. The highest BCUT2D eigenvalue weighted by atomic mass is 79.9. The normalized spacial score (nSPS) is 10.2. The van der Waals surface area contributed by atoms with E-state index in [1.165, 1.54) is 6.07 Å². The predicted octanol–water partition coefficient (Wildman–Crippen LogP) is 3.53. The third kappa shape index (κ3) is 3.32. The minimum Gasteiger partial charge on any atom is -0.457 e. The number of carbonyl (C=O) groups is 1. The molecule has 0 aliphatic heterocycles. The zero-order chi connectivity index (χ0) is 13.8. The van der Waals surface area contributed by atoms with Crippen molar-refractivity contribution < 1.29 is 13.9 Å². The van der Waals surface area contributed by atoms with Crippen molar-refractivity contribution in [3.8, 4) is 0 Å². The number of nitrogens with two attached hydrogens (primary N) is 1. The van der Waals surface area contributed by atoms with Crippen molar-refractivity contribution in [1.82, 2.24) is 0 Å². The molecule has 0 heterocycles. The Labute approximate surface area is 118 Å². The smallest absolute Gasteiger partial charge is 0.338 e. The molecule has 0 aliphatic carbocycles. The second-order valence-electron chi connectivity index (χ2n) is 3.91. The molecule has 0 saturated carbocycles. The van der Waals surface area contributed by atoms with Crippen LogP contribution in [0.1, 0.15) is 15.9 Å². The topological polar surface area (TPSA) is 52.3 Å². The number of benzene rings is 2. The van der Waals surface area contributed by atoms with E-state index in [4.69, 9.17) is 10.5 Å². The Bertz CT molecular complexity index is 599. The molecule has 2 N–H and O–H groups in total. The third-order valence-electron chi connectivity index (χ3n) is 2.54. The monoisotopic (exact) mass is 323 g/mol. The van der Waals surface area contributed by atoms with Crippen LogP contribution >= 0.6 is 15.9 Å². The summed E-state index contributed by atoms with van der Waals surface area (Å²) in [6.07, 6.45) is 0. The van der Waals surface area contributed by atoms with Crippen LogP contribution in [0.2, 0.25) is 0 Å². The van der Waals surface area contributed by atoms with Gasteiger partial charge in [0.25, 0.3) is 0 Å². The average molecular weight is 324 g/mol. The molecular weight excluding hydrogens is 313 g/mol. The van der Waals surface area contributed by atoms with Crippen molar-refractivity contribution in [3.05, 3.63) is 63.9 Å². The fourth-order valence-corrected chi connectivity index (χ4v) is 1.88. The maximum Gasteiger partial charge on any atom is 0.338 e. The van der Waals surface area contributed by atoms with Gasteiger partial charge in [-0.25, -0.2) is 9.18 Å². The number of nitrogen functional groups attached to an aromatic ring is 1. The van der Waals surface area contributed by atoms with Gasteiger partial charge < -0.3 is 10.5 Å². The molecule has 5 heteroatoms. The standard InChI is InChI=1S/C14H11BrFNO2/c15-13-10(2-1-3-12(13)16)8-19-14(18)9-4-6-11(17)7-5-9/h1-7H,8,17H2. The van der Waals surface area contributed by atoms with E-state index in [-0.39, 0.29) is 12.4 Å². The molecule has 0 atom stereocenters. The summed E-state index contributed by atoms with van der Waals surface area (Å²) in [7, 11) is 0. The predicted molar refractivity (Wildman–Crippen MR) is 74.1 cm³/mol. The molecule has 3 nitrogen and oxygen atoms in total. The maximum absolute atomic E-state index is 13.3. The fourth-order valence-electron chi connectivity index (χ4n) is 1.51. The lowest BCUT2D eigenvalue weighted by atomic mass is 10.2. The molecular formula is C14H11BrFNO2. The second-order valence-corrected chi connectivity index (χ2v) is 4.70. The van der Waals surface area contributed by atoms with Gasteiger partial charge in [0.05, 0.1) is 10.0 Å². The van der Waals surface area contributed by atoms with E-state index in [0.717, 1.165) is 0 Å². The Morgan fingerprint density at radius 1 is 1.21 bits per heavy atom. The number of rotatable bonds is 3. The highest BCUT2D eigenvalue weighted by Crippen LogP contribution is 2.21. The Morgan fingerprint density at radius 2 is 1.89 bits per heavy atom. The number of hydrogen-bond donors (Lipinski definition) is 1. The molecule has 0 unspecified atom stereocenters. The summed E-state index contributed by atoms with van der Waals surface area (Å²) in [6.45, 7) is 0.00154. The molecule has 0 aromatic heterocycles. The van der Waals surface area contributed by atoms with Crippen LogP contribution in [0.25, 0.3) is 0 Å². The average Bonchev–Trinajstić information content (AvgIpc) is 2.41. The largest absolute Gasteiger partial charge is 0.457 e. The van der Waals surface area contributed by atoms with Crippen LogP contribution in [0.4, 0.5) is 10.1 Å². The molecule has 0 bridgehead atoms. The molecule has 0 amide bonds. The van der Waals surface area contributed by atoms with E-state index in [1.807, 2.05) is 0 Å². The first-order chi connectivity index (χ1) is 9.08. The Balaban J connectivity index is 2.04. The Hall–Kier alpha value is -1.88. The van der Waals surface area contributed by atoms with E-state index in [0.29, 0.717) is 21.3 Å². The molecule has 0 saturated heterocycles. The molecule has 2 aromatic rings. The minimum atomic E-state index is -0.476. The van der Waals surface area contributed by atoms with Crippen molar-refractivity contribution in [1.29, 1.82) is 0 Å². The molecule has 2 aromatic carbocycles. The van der Waals surface area contributed by atoms with Gasteiger partial charge in [-0.2, -0.15) is 0 Å². The van der Waals surface area contributed by atoms with Crippen LogP contribution < -0.4 is 5.73 Å². The molecule has 0 fully saturated rings. The van der Waals surface area contributed by atoms with Crippen molar-refractivity contribution in [3.63, 3.8) is 0 Å². The van der Waals surface area contributed by atoms with Gasteiger partial charge in [0, 0.05) is 11.3 Å². The van der Waals surface area contributed by atoms with Gasteiger partial charge in [0.15, 0.2) is 0 Å². The highest BCUT2D eigenvalue weighted by molar-refractivity contribution is 9.10. The lowest BCUT2D eigenvalue weighted by molar-refractivity contribution is 0.0471. The van der Waals surface area contributed by atoms with Gasteiger partial charge in [-0.05, 0) is 46.3 Å². The molecule has 98 valence electrons. The molecule has 0 radical (unpaired) electrons. The van der Waals surface area contributed by atoms with Gasteiger partial charge in [0.2, 0.25) is 0 Å². The SMILES string of the molecule is Nc1ccc(C(=O)OCc2cccc(F)c2Br)cc1. The summed E-state index contributed by atoms with van der Waals surface area (Å²) in [6, 6.07) is 11.0. The van der Waals surface area contributed by atoms with Crippen LogP contribution in [0.15, 0.2) is 46.9 Å². The molecule has 19 heavy (non-hydrogen) atoms. The van der Waals surface area contributed by atoms with E-state index >= 15 is 0 Å². The third-order valence-corrected chi connectivity index (χ3v) is 3.42. The molecule has 0 aliphatic rings. The highest BCUT2D eigenvalue weighted by Gasteiger charge is 2.10. The molecule has 2 rings (SSSR count). The summed E-state index contributed by atoms with van der Waals surface area (Å²) in [5, 5.41) is 0. The molecule has 0 spiro atoms. The van der Waals surface area contributed by atoms with Gasteiger partial charge >= 0.3 is 5.97 Å². The summed E-state index contributed by atoms with van der Waals surface area (Å²) in [5.41, 5.74) is 7.08. The summed E-state index contributed by atoms with van der Waals surface area (Å²) < 4.78 is 18.7. The van der Waals surface area contributed by atoms with E-state index in [2.05, 4.69) is 15.9 Å². The van der Waals surface area contributed by atoms with Crippen molar-refractivity contribution >= 4 is 27.6 Å². The van der Waals surface area contributed by atoms with Gasteiger partial charge in [0.1, 0.15) is 12.4 Å². The first kappa shape index (κ1) is 13.5. The maximum atomic E-state index is 13.3. The van der Waals surface area contributed by atoms with Crippen LogP contribution in [0.3, 0.4) is 0 Å². The first-order valence-electron chi connectivity index (χ1n) is 5.53.